The van der Waals surface area contributed by atoms with Crippen molar-refractivity contribution in [2.75, 3.05) is 46.3 Å². The normalized spacial score (nSPS) is 34.6. The molecule has 4 nitrogen and oxygen atoms in total. The van der Waals surface area contributed by atoms with Gasteiger partial charge in [-0.1, -0.05) is 6.92 Å². The molecule has 0 aromatic carbocycles. The Kier molecular flexibility index (Phi) is 4.88. The molecule has 0 aromatic heterocycles. The molecular weight excluding hydrogens is 236 g/mol. The van der Waals surface area contributed by atoms with Crippen molar-refractivity contribution in [3.8, 4) is 0 Å². The Balaban J connectivity index is 2.05. The molecule has 2 unspecified atom stereocenters. The molecule has 19 heavy (non-hydrogen) atoms. The Hall–Kier alpha value is -0.160. The highest BCUT2D eigenvalue weighted by molar-refractivity contribution is 5.00. The first kappa shape index (κ1) is 15.2. The molecule has 112 valence electrons. The standard InChI is InChI=1S/C15H32N4/c1-5-18-8-6-15(12-16,7-9-18)19-10-13(2)17(4)14(3)11-19/h13-14H,5-12,16H2,1-4H3. The zero-order valence-corrected chi connectivity index (χ0v) is 13.2. The molecule has 2 N–H and O–H groups in total. The average Bonchev–Trinajstić information content (AvgIpc) is 2.44. The Morgan fingerprint density at radius 1 is 1.11 bits per heavy atom. The topological polar surface area (TPSA) is 35.7 Å². The molecule has 2 aliphatic rings. The number of hydrogen-bond donors (Lipinski definition) is 1. The predicted molar refractivity (Wildman–Crippen MR) is 81.4 cm³/mol. The van der Waals surface area contributed by atoms with Crippen LogP contribution in [0.15, 0.2) is 0 Å². The first-order valence-corrected chi connectivity index (χ1v) is 7.92. The van der Waals surface area contributed by atoms with E-state index in [0.717, 1.165) is 6.54 Å². The first-order valence-electron chi connectivity index (χ1n) is 7.92. The van der Waals surface area contributed by atoms with Crippen molar-refractivity contribution < 1.29 is 0 Å². The minimum atomic E-state index is 0.259. The number of piperazine rings is 1. The molecule has 0 aromatic rings. The largest absolute Gasteiger partial charge is 0.329 e. The van der Waals surface area contributed by atoms with E-state index in [1.165, 1.54) is 45.6 Å². The molecule has 0 amide bonds. The summed E-state index contributed by atoms with van der Waals surface area (Å²) < 4.78 is 0. The summed E-state index contributed by atoms with van der Waals surface area (Å²) in [6.07, 6.45) is 2.47. The second-order valence-electron chi connectivity index (χ2n) is 6.63. The molecule has 2 saturated heterocycles. The average molecular weight is 268 g/mol. The van der Waals surface area contributed by atoms with Crippen LogP contribution >= 0.6 is 0 Å². The summed E-state index contributed by atoms with van der Waals surface area (Å²) in [5.41, 5.74) is 6.47. The van der Waals surface area contributed by atoms with Crippen molar-refractivity contribution in [3.05, 3.63) is 0 Å². The molecule has 0 radical (unpaired) electrons. The fraction of sp³-hybridized carbons (Fsp3) is 1.00. The lowest BCUT2D eigenvalue weighted by molar-refractivity contribution is -0.0372. The second-order valence-corrected chi connectivity index (χ2v) is 6.63. The van der Waals surface area contributed by atoms with Gasteiger partial charge in [0.2, 0.25) is 0 Å². The lowest BCUT2D eigenvalue weighted by atomic mass is 9.84. The number of rotatable bonds is 3. The van der Waals surface area contributed by atoms with Gasteiger partial charge in [-0.3, -0.25) is 9.80 Å². The molecule has 0 spiro atoms. The van der Waals surface area contributed by atoms with Gasteiger partial charge in [0.15, 0.2) is 0 Å². The highest BCUT2D eigenvalue weighted by Crippen LogP contribution is 2.31. The van der Waals surface area contributed by atoms with E-state index in [1.807, 2.05) is 0 Å². The van der Waals surface area contributed by atoms with Gasteiger partial charge in [0.05, 0.1) is 0 Å². The molecule has 2 rings (SSSR count). The Morgan fingerprint density at radius 3 is 2.05 bits per heavy atom. The second kappa shape index (κ2) is 6.08. The Bertz CT molecular complexity index is 274. The van der Waals surface area contributed by atoms with Gasteiger partial charge < -0.3 is 10.6 Å². The fourth-order valence-electron chi connectivity index (χ4n) is 3.73. The van der Waals surface area contributed by atoms with Gasteiger partial charge in [0.1, 0.15) is 0 Å². The van der Waals surface area contributed by atoms with Crippen LogP contribution in [0.3, 0.4) is 0 Å². The summed E-state index contributed by atoms with van der Waals surface area (Å²) >= 11 is 0. The summed E-state index contributed by atoms with van der Waals surface area (Å²) in [6.45, 7) is 13.7. The zero-order chi connectivity index (χ0) is 14.0. The summed E-state index contributed by atoms with van der Waals surface area (Å²) in [6, 6.07) is 1.27. The monoisotopic (exact) mass is 268 g/mol. The molecule has 0 bridgehead atoms. The maximum Gasteiger partial charge on any atom is 0.0357 e. The predicted octanol–water partition coefficient (Wildman–Crippen LogP) is 0.824. The van der Waals surface area contributed by atoms with Crippen molar-refractivity contribution in [2.45, 2.75) is 51.2 Å². The highest BCUT2D eigenvalue weighted by atomic mass is 15.3. The van der Waals surface area contributed by atoms with Crippen molar-refractivity contribution in [2.24, 2.45) is 5.73 Å². The van der Waals surface area contributed by atoms with Crippen molar-refractivity contribution in [1.29, 1.82) is 0 Å². The van der Waals surface area contributed by atoms with E-state index in [2.05, 4.69) is 42.5 Å². The summed E-state index contributed by atoms with van der Waals surface area (Å²) in [4.78, 5) is 7.76. The van der Waals surface area contributed by atoms with Gasteiger partial charge >= 0.3 is 0 Å². The van der Waals surface area contributed by atoms with Gasteiger partial charge in [-0.15, -0.1) is 0 Å². The Morgan fingerprint density at radius 2 is 1.63 bits per heavy atom. The van der Waals surface area contributed by atoms with E-state index in [0.29, 0.717) is 12.1 Å². The lowest BCUT2D eigenvalue weighted by Gasteiger charge is -2.54. The smallest absolute Gasteiger partial charge is 0.0357 e. The first-order chi connectivity index (χ1) is 9.02. The van der Waals surface area contributed by atoms with E-state index in [-0.39, 0.29) is 5.54 Å². The number of nitrogens with zero attached hydrogens (tertiary/aromatic N) is 3. The van der Waals surface area contributed by atoms with Crippen LogP contribution in [-0.4, -0.2) is 78.6 Å². The maximum absolute atomic E-state index is 6.21. The van der Waals surface area contributed by atoms with Crippen LogP contribution in [0, 0.1) is 0 Å². The van der Waals surface area contributed by atoms with Gasteiger partial charge in [0.25, 0.3) is 0 Å². The van der Waals surface area contributed by atoms with Gasteiger partial charge in [-0.2, -0.15) is 0 Å². The third-order valence-corrected chi connectivity index (χ3v) is 5.64. The van der Waals surface area contributed by atoms with E-state index in [1.54, 1.807) is 0 Å². The number of nitrogens with two attached hydrogens (primary N) is 1. The lowest BCUT2D eigenvalue weighted by Crippen LogP contribution is -2.66. The van der Waals surface area contributed by atoms with Crippen LogP contribution in [0.2, 0.25) is 0 Å². The Labute approximate surface area is 118 Å². The molecule has 0 aliphatic carbocycles. The van der Waals surface area contributed by atoms with E-state index >= 15 is 0 Å². The quantitative estimate of drug-likeness (QED) is 0.822. The summed E-state index contributed by atoms with van der Waals surface area (Å²) in [5, 5.41) is 0. The van der Waals surface area contributed by atoms with E-state index in [9.17, 15) is 0 Å². The van der Waals surface area contributed by atoms with Crippen molar-refractivity contribution in [3.63, 3.8) is 0 Å². The van der Waals surface area contributed by atoms with Crippen molar-refractivity contribution >= 4 is 0 Å². The van der Waals surface area contributed by atoms with Crippen LogP contribution in [0.1, 0.15) is 33.6 Å². The third kappa shape index (κ3) is 2.97. The maximum atomic E-state index is 6.21. The molecule has 2 fully saturated rings. The van der Waals surface area contributed by atoms with Crippen LogP contribution < -0.4 is 5.73 Å². The minimum Gasteiger partial charge on any atom is -0.329 e. The van der Waals surface area contributed by atoms with Crippen LogP contribution in [0.25, 0.3) is 0 Å². The molecule has 2 atom stereocenters. The number of likely N-dealkylation sites (N-methyl/N-ethyl adjacent to an activating group) is 1. The molecule has 2 heterocycles. The fourth-order valence-corrected chi connectivity index (χ4v) is 3.73. The van der Waals surface area contributed by atoms with E-state index in [4.69, 9.17) is 5.73 Å². The van der Waals surface area contributed by atoms with Gasteiger partial charge in [-0.05, 0) is 53.4 Å². The third-order valence-electron chi connectivity index (χ3n) is 5.64. The number of hydrogen-bond acceptors (Lipinski definition) is 4. The number of piperidine rings is 1. The SMILES string of the molecule is CCN1CCC(CN)(N2CC(C)N(C)C(C)C2)CC1. The molecular formula is C15H32N4. The van der Waals surface area contributed by atoms with Crippen molar-refractivity contribution in [1.82, 2.24) is 14.7 Å². The number of likely N-dealkylation sites (tertiary alicyclic amines) is 1. The van der Waals surface area contributed by atoms with Crippen LogP contribution in [-0.2, 0) is 0 Å². The van der Waals surface area contributed by atoms with Gasteiger partial charge in [-0.25, -0.2) is 0 Å². The molecule has 0 saturated carbocycles. The van der Waals surface area contributed by atoms with Crippen LogP contribution in [0.5, 0.6) is 0 Å². The minimum absolute atomic E-state index is 0.259. The zero-order valence-electron chi connectivity index (χ0n) is 13.2. The molecule has 4 heteroatoms. The van der Waals surface area contributed by atoms with E-state index < -0.39 is 0 Å². The highest BCUT2D eigenvalue weighted by Gasteiger charge is 2.42. The molecule has 2 aliphatic heterocycles. The summed E-state index contributed by atoms with van der Waals surface area (Å²) in [7, 11) is 2.25. The van der Waals surface area contributed by atoms with Crippen LogP contribution in [0.4, 0.5) is 0 Å². The summed E-state index contributed by atoms with van der Waals surface area (Å²) in [5.74, 6) is 0. The van der Waals surface area contributed by atoms with Gasteiger partial charge in [0, 0.05) is 37.3 Å².